The van der Waals surface area contributed by atoms with Crippen LogP contribution in [0, 0.1) is 0 Å². The third-order valence-electron chi connectivity index (χ3n) is 7.68. The van der Waals surface area contributed by atoms with E-state index in [0.29, 0.717) is 35.5 Å². The average Bonchev–Trinajstić information content (AvgIpc) is 3.38. The average molecular weight is 638 g/mol. The fourth-order valence-corrected chi connectivity index (χ4v) is 5.57. The molecule has 0 saturated carbocycles. The number of phenols is 1. The molecule has 4 aromatic rings. The fraction of sp³-hybridized carbons (Fsp3) is 0.400. The maximum absolute atomic E-state index is 12.9. The summed E-state index contributed by atoms with van der Waals surface area (Å²) in [6.45, 7) is 3.80. The van der Waals surface area contributed by atoms with Gasteiger partial charge in [0.05, 0.1) is 0 Å². The van der Waals surface area contributed by atoms with Crippen molar-refractivity contribution in [3.05, 3.63) is 59.8 Å². The zero-order valence-corrected chi connectivity index (χ0v) is 26.2. The highest BCUT2D eigenvalue weighted by molar-refractivity contribution is 5.90. The molecule has 14 heteroatoms. The number of H-pyrrole nitrogens is 1. The van der Waals surface area contributed by atoms with Crippen LogP contribution in [0.3, 0.4) is 0 Å². The molecule has 0 unspecified atom stereocenters. The summed E-state index contributed by atoms with van der Waals surface area (Å²) in [6, 6.07) is 13.2. The van der Waals surface area contributed by atoms with Gasteiger partial charge in [0, 0.05) is 79.1 Å². The van der Waals surface area contributed by atoms with Gasteiger partial charge in [0.15, 0.2) is 0 Å². The van der Waals surface area contributed by atoms with E-state index in [4.69, 9.17) is 15.0 Å². The summed E-state index contributed by atoms with van der Waals surface area (Å²) in [5, 5.41) is 15.1. The second-order valence-corrected chi connectivity index (χ2v) is 10.6. The van der Waals surface area contributed by atoms with Crippen LogP contribution in [0.4, 0.5) is 23.5 Å². The van der Waals surface area contributed by atoms with Crippen LogP contribution in [-0.2, 0) is 17.6 Å². The molecular formula is C30H56ClN11O2. The maximum atomic E-state index is 12.9. The van der Waals surface area contributed by atoms with Crippen LogP contribution in [0.1, 0.15) is 55.4 Å². The van der Waals surface area contributed by atoms with Gasteiger partial charge in [-0.15, -0.1) is 12.4 Å². The number of fused-ring (bicyclic) bond motifs is 1. The van der Waals surface area contributed by atoms with Gasteiger partial charge >= 0.3 is 0 Å². The van der Waals surface area contributed by atoms with Gasteiger partial charge in [-0.25, -0.2) is 0 Å². The van der Waals surface area contributed by atoms with Gasteiger partial charge in [0.1, 0.15) is 11.5 Å². The molecule has 2 aromatic heterocycles. The van der Waals surface area contributed by atoms with Crippen molar-refractivity contribution in [2.45, 2.75) is 51.4 Å². The van der Waals surface area contributed by atoms with Gasteiger partial charge in [-0.2, -0.15) is 15.0 Å². The molecule has 44 heavy (non-hydrogen) atoms. The van der Waals surface area contributed by atoms with Gasteiger partial charge in [-0.3, -0.25) is 4.79 Å². The van der Waals surface area contributed by atoms with Crippen LogP contribution in [0.5, 0.6) is 5.75 Å². The summed E-state index contributed by atoms with van der Waals surface area (Å²) >= 11 is 0. The van der Waals surface area contributed by atoms with Crippen molar-refractivity contribution >= 4 is 52.6 Å². The van der Waals surface area contributed by atoms with Crippen molar-refractivity contribution in [2.24, 2.45) is 0 Å². The minimum absolute atomic E-state index is 0. The molecule has 0 radical (unpaired) electrons. The highest BCUT2D eigenvalue weighted by atomic mass is 35.5. The summed E-state index contributed by atoms with van der Waals surface area (Å²) in [5.41, 5.74) is 3.26. The number of aromatic hydroxyl groups is 1. The molecule has 250 valence electrons. The Bertz CT molecular complexity index is 1450. The van der Waals surface area contributed by atoms with E-state index >= 15 is 0 Å². The Balaban J connectivity index is -0.00000108. The predicted octanol–water partition coefficient (Wildman–Crippen LogP) is 7.19. The van der Waals surface area contributed by atoms with E-state index in [1.165, 1.54) is 12.8 Å². The normalized spacial score (nSPS) is 14.2. The largest absolute Gasteiger partial charge is 0.508 e. The van der Waals surface area contributed by atoms with Gasteiger partial charge in [-0.1, -0.05) is 24.3 Å². The number of benzene rings is 2. The van der Waals surface area contributed by atoms with Crippen LogP contribution < -0.4 is 39.7 Å². The number of anilines is 4. The van der Waals surface area contributed by atoms with Crippen molar-refractivity contribution in [1.82, 2.24) is 44.5 Å². The van der Waals surface area contributed by atoms with E-state index in [-0.39, 0.29) is 60.7 Å². The number of piperidine rings is 2. The molecular weight excluding hydrogens is 582 g/mol. The number of halogens is 1. The number of aromatic nitrogens is 4. The van der Waals surface area contributed by atoms with Gasteiger partial charge < -0.3 is 49.8 Å². The molecule has 2 saturated heterocycles. The van der Waals surface area contributed by atoms with Gasteiger partial charge in [-0.05, 0) is 56.2 Å². The number of rotatable bonds is 8. The van der Waals surface area contributed by atoms with E-state index in [1.807, 2.05) is 36.5 Å². The molecule has 4 heterocycles. The number of hydrogen-bond acceptors (Lipinski definition) is 12. The molecule has 2 aliphatic heterocycles. The lowest BCUT2D eigenvalue weighted by Crippen LogP contribution is -2.34. The Labute approximate surface area is 270 Å². The van der Waals surface area contributed by atoms with Crippen molar-refractivity contribution < 1.29 is 15.6 Å². The third-order valence-corrected chi connectivity index (χ3v) is 7.68. The topological polar surface area (TPSA) is 250 Å². The Morgan fingerprint density at radius 2 is 1.36 bits per heavy atom. The lowest BCUT2D eigenvalue weighted by atomic mass is 10.0. The monoisotopic (exact) mass is 637 g/mol. The molecule has 13 nitrogen and oxygen atoms in total. The number of Topliss-reactive ketones (excluding diaryl/α,β-unsaturated/α-hetero) is 1. The minimum Gasteiger partial charge on any atom is -0.508 e. The summed E-state index contributed by atoms with van der Waals surface area (Å²) in [7, 11) is 0. The number of ketones is 1. The number of nitrogens with zero attached hydrogens (tertiary/aromatic N) is 5. The Morgan fingerprint density at radius 1 is 0.795 bits per heavy atom. The molecule has 0 bridgehead atoms. The number of phenolic OH excluding ortho intramolecular Hbond substituents is 1. The van der Waals surface area contributed by atoms with Crippen LogP contribution in [0.25, 0.3) is 10.9 Å². The van der Waals surface area contributed by atoms with Crippen molar-refractivity contribution in [2.75, 3.05) is 41.3 Å². The highest BCUT2D eigenvalue weighted by Gasteiger charge is 2.21. The molecule has 0 spiro atoms. The summed E-state index contributed by atoms with van der Waals surface area (Å²) in [5.74, 6) is 2.00. The first-order valence-corrected chi connectivity index (χ1v) is 14.0. The fourth-order valence-electron chi connectivity index (χ4n) is 5.57. The Hall–Kier alpha value is -4.01. The zero-order chi connectivity index (χ0) is 26.6. The van der Waals surface area contributed by atoms with E-state index in [1.54, 1.807) is 12.1 Å². The van der Waals surface area contributed by atoms with E-state index in [2.05, 4.69) is 20.1 Å². The van der Waals surface area contributed by atoms with Crippen molar-refractivity contribution in [3.8, 4) is 5.75 Å². The molecule has 6 rings (SSSR count). The Morgan fingerprint density at radius 3 is 1.95 bits per heavy atom. The smallest absolute Gasteiger partial charge is 0.233 e. The number of carbonyl (C=O) groups excluding carboxylic acids is 1. The molecule has 0 amide bonds. The number of aromatic amines is 1. The second-order valence-electron chi connectivity index (χ2n) is 10.6. The number of carbonyl (C=O) groups is 1. The lowest BCUT2D eigenvalue weighted by molar-refractivity contribution is -0.117. The molecule has 0 aliphatic carbocycles. The van der Waals surface area contributed by atoms with E-state index < -0.39 is 0 Å². The lowest BCUT2D eigenvalue weighted by Gasteiger charge is -2.30. The van der Waals surface area contributed by atoms with Crippen LogP contribution >= 0.6 is 12.4 Å². The standard InChI is InChI=1S/C30H35N7O2.ClH.4H3N.4H2/c38-24(18-22-20-31-26-10-4-3-9-25(22)26)17-21-11-12-23(19-27(21)39)32-28-33-29(36-13-5-1-6-14-36)35-30(34-28)37-15-7-2-8-16-37;;;;;;;;;/h3-4,9-12,19-20,31,39H,1-2,5-8,13-18H2,(H,32,33,34,35);1H;4*1H3;4*1H. The molecule has 2 aliphatic rings. The van der Waals surface area contributed by atoms with Crippen LogP contribution in [0.2, 0.25) is 0 Å². The predicted molar refractivity (Wildman–Crippen MR) is 190 cm³/mol. The second kappa shape index (κ2) is 17.3. The number of para-hydroxylation sites is 1. The quantitative estimate of drug-likeness (QED) is 0.101. The van der Waals surface area contributed by atoms with Crippen molar-refractivity contribution in [1.29, 1.82) is 0 Å². The first-order valence-electron chi connectivity index (χ1n) is 14.0. The third kappa shape index (κ3) is 8.77. The Kier molecular flexibility index (Phi) is 15.0. The number of nitrogens with one attached hydrogen (secondary N) is 2. The molecule has 0 atom stereocenters. The minimum atomic E-state index is 0. The first-order chi connectivity index (χ1) is 19.1. The summed E-state index contributed by atoms with van der Waals surface area (Å²) in [6.07, 6.45) is 9.40. The summed E-state index contributed by atoms with van der Waals surface area (Å²) in [4.78, 5) is 34.9. The van der Waals surface area contributed by atoms with Gasteiger partial charge in [0.25, 0.3) is 0 Å². The number of hydrogen-bond donors (Lipinski definition) is 7. The molecule has 2 aromatic carbocycles. The molecule has 15 N–H and O–H groups in total. The zero-order valence-electron chi connectivity index (χ0n) is 25.4. The maximum Gasteiger partial charge on any atom is 0.233 e. The highest BCUT2D eigenvalue weighted by Crippen LogP contribution is 2.28. The summed E-state index contributed by atoms with van der Waals surface area (Å²) < 4.78 is 0. The first kappa shape index (κ1) is 38.0. The molecule has 2 fully saturated rings. The van der Waals surface area contributed by atoms with Crippen molar-refractivity contribution in [3.63, 3.8) is 0 Å². The van der Waals surface area contributed by atoms with Crippen LogP contribution in [0.15, 0.2) is 48.7 Å². The van der Waals surface area contributed by atoms with Gasteiger partial charge in [0.2, 0.25) is 17.8 Å². The SMILES string of the molecule is Cl.N.N.N.N.O=C(Cc1ccc(Nc2nc(N3CCCCC3)nc(N3CCCCC3)n2)cc1O)Cc1c[nH]c2ccccc12.[HH].[HH].[HH].[HH]. The van der Waals surface area contributed by atoms with E-state index in [9.17, 15) is 9.90 Å². The van der Waals surface area contributed by atoms with Crippen LogP contribution in [-0.4, -0.2) is 57.0 Å². The van der Waals surface area contributed by atoms with E-state index in [0.717, 1.165) is 68.3 Å².